The summed E-state index contributed by atoms with van der Waals surface area (Å²) in [6.07, 6.45) is 0.780. The number of hydrogen-bond acceptors (Lipinski definition) is 6. The van der Waals surface area contributed by atoms with Crippen molar-refractivity contribution in [2.75, 3.05) is 35.0 Å². The van der Waals surface area contributed by atoms with Gasteiger partial charge in [-0.2, -0.15) is 0 Å². The third-order valence-electron chi connectivity index (χ3n) is 4.20. The van der Waals surface area contributed by atoms with Gasteiger partial charge in [0.15, 0.2) is 17.3 Å². The van der Waals surface area contributed by atoms with Gasteiger partial charge in [-0.3, -0.25) is 4.79 Å². The lowest BCUT2D eigenvalue weighted by Gasteiger charge is -2.15. The van der Waals surface area contributed by atoms with E-state index in [1.807, 2.05) is 19.1 Å². The van der Waals surface area contributed by atoms with Crippen LogP contribution < -0.4 is 23.7 Å². The van der Waals surface area contributed by atoms with Crippen LogP contribution in [0.15, 0.2) is 30.3 Å². The summed E-state index contributed by atoms with van der Waals surface area (Å²) in [5, 5.41) is 0. The third-order valence-corrected chi connectivity index (χ3v) is 4.20. The molecule has 2 aromatic carbocycles. The van der Waals surface area contributed by atoms with Gasteiger partial charge in [0.05, 0.1) is 35.0 Å². The first-order chi connectivity index (χ1) is 13.1. The van der Waals surface area contributed by atoms with E-state index in [1.165, 1.54) is 0 Å². The third kappa shape index (κ3) is 4.84. The zero-order valence-corrected chi connectivity index (χ0v) is 16.5. The van der Waals surface area contributed by atoms with Gasteiger partial charge in [0.1, 0.15) is 17.2 Å². The second kappa shape index (κ2) is 9.71. The van der Waals surface area contributed by atoms with Gasteiger partial charge in [-0.05, 0) is 31.5 Å². The van der Waals surface area contributed by atoms with Crippen LogP contribution in [0.3, 0.4) is 0 Å². The SMILES string of the molecule is CCOc1cc(OC)c(CCC(=O)c2ccc(OC)c(OC)c2)c(OC)c1. The number of methoxy groups -OCH3 is 4. The molecular weight excluding hydrogens is 348 g/mol. The molecule has 0 heterocycles. The van der Waals surface area contributed by atoms with Gasteiger partial charge in [-0.15, -0.1) is 0 Å². The van der Waals surface area contributed by atoms with Crippen LogP contribution in [0.1, 0.15) is 29.3 Å². The summed E-state index contributed by atoms with van der Waals surface area (Å²) in [5.74, 6) is 3.05. The normalized spacial score (nSPS) is 10.3. The Labute approximate surface area is 160 Å². The van der Waals surface area contributed by atoms with Gasteiger partial charge in [0, 0.05) is 29.7 Å². The van der Waals surface area contributed by atoms with E-state index in [1.54, 1.807) is 46.6 Å². The molecule has 0 saturated heterocycles. The molecular formula is C21H26O6. The van der Waals surface area contributed by atoms with Gasteiger partial charge in [-0.1, -0.05) is 0 Å². The molecule has 6 heteroatoms. The minimum absolute atomic E-state index is 0.00561. The highest BCUT2D eigenvalue weighted by Gasteiger charge is 2.17. The van der Waals surface area contributed by atoms with Crippen molar-refractivity contribution in [3.63, 3.8) is 0 Å². The molecule has 0 unspecified atom stereocenters. The number of ketones is 1. The quantitative estimate of drug-likeness (QED) is 0.587. The molecule has 2 aromatic rings. The summed E-state index contributed by atoms with van der Waals surface area (Å²) in [6.45, 7) is 2.46. The van der Waals surface area contributed by atoms with Gasteiger partial charge in [0.25, 0.3) is 0 Å². The van der Waals surface area contributed by atoms with Crippen LogP contribution in [0.25, 0.3) is 0 Å². The lowest BCUT2D eigenvalue weighted by molar-refractivity contribution is 0.0982. The van der Waals surface area contributed by atoms with E-state index < -0.39 is 0 Å². The van der Waals surface area contributed by atoms with Gasteiger partial charge in [0.2, 0.25) is 0 Å². The van der Waals surface area contributed by atoms with Crippen molar-refractivity contribution in [3.8, 4) is 28.7 Å². The molecule has 0 N–H and O–H groups in total. The summed E-state index contributed by atoms with van der Waals surface area (Å²) < 4.78 is 27.0. The molecule has 0 aliphatic carbocycles. The summed E-state index contributed by atoms with van der Waals surface area (Å²) in [6, 6.07) is 8.76. The van der Waals surface area contributed by atoms with Crippen LogP contribution in [0, 0.1) is 0 Å². The Morgan fingerprint density at radius 2 is 1.41 bits per heavy atom. The molecule has 0 aliphatic rings. The fourth-order valence-electron chi connectivity index (χ4n) is 2.85. The van der Waals surface area contributed by atoms with Gasteiger partial charge in [-0.25, -0.2) is 0 Å². The number of hydrogen-bond donors (Lipinski definition) is 0. The zero-order chi connectivity index (χ0) is 19.8. The summed E-state index contributed by atoms with van der Waals surface area (Å²) in [5.41, 5.74) is 1.40. The highest BCUT2D eigenvalue weighted by atomic mass is 16.5. The minimum atomic E-state index is -0.00561. The van der Waals surface area contributed by atoms with E-state index in [2.05, 4.69) is 0 Å². The molecule has 146 valence electrons. The molecule has 27 heavy (non-hydrogen) atoms. The Kier molecular flexibility index (Phi) is 7.34. The molecule has 0 aromatic heterocycles. The van der Waals surface area contributed by atoms with Crippen LogP contribution in [0.4, 0.5) is 0 Å². The molecule has 0 atom stereocenters. The maximum Gasteiger partial charge on any atom is 0.163 e. The second-order valence-corrected chi connectivity index (χ2v) is 5.73. The van der Waals surface area contributed by atoms with Crippen LogP contribution in [-0.4, -0.2) is 40.8 Å². The van der Waals surface area contributed by atoms with Crippen molar-refractivity contribution in [2.24, 2.45) is 0 Å². The first-order valence-electron chi connectivity index (χ1n) is 8.70. The maximum absolute atomic E-state index is 12.7. The molecule has 0 amide bonds. The van der Waals surface area contributed by atoms with Crippen molar-refractivity contribution in [1.29, 1.82) is 0 Å². The van der Waals surface area contributed by atoms with E-state index in [0.29, 0.717) is 53.8 Å². The van der Waals surface area contributed by atoms with Crippen molar-refractivity contribution in [3.05, 3.63) is 41.5 Å². The highest BCUT2D eigenvalue weighted by Crippen LogP contribution is 2.35. The molecule has 0 spiro atoms. The van der Waals surface area contributed by atoms with E-state index >= 15 is 0 Å². The van der Waals surface area contributed by atoms with Crippen molar-refractivity contribution < 1.29 is 28.5 Å². The molecule has 0 fully saturated rings. The zero-order valence-electron chi connectivity index (χ0n) is 16.5. The Morgan fingerprint density at radius 1 is 0.815 bits per heavy atom. The topological polar surface area (TPSA) is 63.2 Å². The number of Topliss-reactive ketones (excluding diaryl/α,β-unsaturated/α-hetero) is 1. The molecule has 0 bridgehead atoms. The Bertz CT molecular complexity index is 759. The van der Waals surface area contributed by atoms with E-state index in [9.17, 15) is 4.79 Å². The van der Waals surface area contributed by atoms with E-state index in [-0.39, 0.29) is 5.78 Å². The summed E-state index contributed by atoms with van der Waals surface area (Å²) >= 11 is 0. The maximum atomic E-state index is 12.7. The molecule has 6 nitrogen and oxygen atoms in total. The second-order valence-electron chi connectivity index (χ2n) is 5.73. The van der Waals surface area contributed by atoms with Gasteiger partial charge >= 0.3 is 0 Å². The first-order valence-corrected chi connectivity index (χ1v) is 8.70. The average Bonchev–Trinajstić information content (AvgIpc) is 2.71. The Hall–Kier alpha value is -2.89. The molecule has 0 radical (unpaired) electrons. The van der Waals surface area contributed by atoms with Crippen LogP contribution >= 0.6 is 0 Å². The van der Waals surface area contributed by atoms with Crippen LogP contribution in [0.5, 0.6) is 28.7 Å². The fraction of sp³-hybridized carbons (Fsp3) is 0.381. The van der Waals surface area contributed by atoms with Crippen LogP contribution in [0.2, 0.25) is 0 Å². The van der Waals surface area contributed by atoms with Crippen molar-refractivity contribution in [1.82, 2.24) is 0 Å². The fourth-order valence-corrected chi connectivity index (χ4v) is 2.85. The largest absolute Gasteiger partial charge is 0.496 e. The first kappa shape index (κ1) is 20.4. The number of carbonyl (C=O) groups is 1. The lowest BCUT2D eigenvalue weighted by Crippen LogP contribution is -2.05. The molecule has 0 aliphatic heterocycles. The standard InChI is InChI=1S/C21H26O6/c1-6-27-15-12-19(24-3)16(20(13-15)25-4)8-9-17(22)14-7-10-18(23-2)21(11-14)26-5/h7,10-13H,6,8-9H2,1-5H3. The minimum Gasteiger partial charge on any atom is -0.496 e. The predicted molar refractivity (Wildman–Crippen MR) is 103 cm³/mol. The Morgan fingerprint density at radius 3 is 1.93 bits per heavy atom. The smallest absolute Gasteiger partial charge is 0.163 e. The predicted octanol–water partition coefficient (Wildman–Crippen LogP) is 3.94. The summed E-state index contributed by atoms with van der Waals surface area (Å²) in [7, 11) is 6.28. The van der Waals surface area contributed by atoms with E-state index in [4.69, 9.17) is 23.7 Å². The Balaban J connectivity index is 2.21. The monoisotopic (exact) mass is 374 g/mol. The average molecular weight is 374 g/mol. The number of carbonyl (C=O) groups excluding carboxylic acids is 1. The number of ether oxygens (including phenoxy) is 5. The number of rotatable bonds is 10. The molecule has 0 saturated carbocycles. The highest BCUT2D eigenvalue weighted by molar-refractivity contribution is 5.96. The number of benzene rings is 2. The van der Waals surface area contributed by atoms with E-state index in [0.717, 1.165) is 5.56 Å². The lowest BCUT2D eigenvalue weighted by atomic mass is 10.0. The summed E-state index contributed by atoms with van der Waals surface area (Å²) in [4.78, 5) is 12.7. The molecule has 2 rings (SSSR count). The van der Waals surface area contributed by atoms with Crippen molar-refractivity contribution in [2.45, 2.75) is 19.8 Å². The van der Waals surface area contributed by atoms with Crippen LogP contribution in [-0.2, 0) is 6.42 Å². The van der Waals surface area contributed by atoms with Crippen molar-refractivity contribution >= 4 is 5.78 Å². The van der Waals surface area contributed by atoms with Gasteiger partial charge < -0.3 is 23.7 Å².